The number of ether oxygens (including phenoxy) is 1. The molecule has 2 rings (SSSR count). The van der Waals surface area contributed by atoms with E-state index in [2.05, 4.69) is 0 Å². The standard InChI is InChI=1S/C14H16FNO4/c1-10-7-16(9-14(10,15)12(17)18)13(19)20-8-11-5-3-2-4-6-11/h2-6,10H,7-9H2,1H3,(H,17,18)/t10?,14-/m0/s1. The van der Waals surface area contributed by atoms with Crippen molar-refractivity contribution in [2.24, 2.45) is 5.92 Å². The lowest BCUT2D eigenvalue weighted by molar-refractivity contribution is -0.152. The first-order valence-electron chi connectivity index (χ1n) is 6.31. The molecule has 0 bridgehead atoms. The van der Waals surface area contributed by atoms with Gasteiger partial charge in [-0.2, -0.15) is 0 Å². The van der Waals surface area contributed by atoms with Crippen molar-refractivity contribution >= 4 is 12.1 Å². The first kappa shape index (κ1) is 14.3. The SMILES string of the molecule is CC1CN(C(=O)OCc2ccccc2)C[C@@]1(F)C(=O)O. The van der Waals surface area contributed by atoms with E-state index >= 15 is 0 Å². The molecule has 0 radical (unpaired) electrons. The maximum absolute atomic E-state index is 14.2. The molecule has 0 spiro atoms. The number of carbonyl (C=O) groups is 2. The van der Waals surface area contributed by atoms with E-state index in [1.54, 1.807) is 12.1 Å². The van der Waals surface area contributed by atoms with Crippen LogP contribution in [-0.2, 0) is 16.1 Å². The summed E-state index contributed by atoms with van der Waals surface area (Å²) >= 11 is 0. The Labute approximate surface area is 116 Å². The average Bonchev–Trinajstić information content (AvgIpc) is 2.75. The number of rotatable bonds is 3. The molecule has 2 atom stereocenters. The van der Waals surface area contributed by atoms with Gasteiger partial charge in [-0.1, -0.05) is 37.3 Å². The van der Waals surface area contributed by atoms with Crippen molar-refractivity contribution in [3.63, 3.8) is 0 Å². The summed E-state index contributed by atoms with van der Waals surface area (Å²) < 4.78 is 19.2. The highest BCUT2D eigenvalue weighted by Gasteiger charge is 2.52. The maximum atomic E-state index is 14.2. The number of benzene rings is 1. The average molecular weight is 281 g/mol. The molecule has 20 heavy (non-hydrogen) atoms. The van der Waals surface area contributed by atoms with Gasteiger partial charge in [-0.3, -0.25) is 0 Å². The van der Waals surface area contributed by atoms with Gasteiger partial charge >= 0.3 is 12.1 Å². The largest absolute Gasteiger partial charge is 0.479 e. The lowest BCUT2D eigenvalue weighted by Crippen LogP contribution is -2.41. The van der Waals surface area contributed by atoms with Crippen LogP contribution in [0.25, 0.3) is 0 Å². The lowest BCUT2D eigenvalue weighted by Gasteiger charge is -2.18. The van der Waals surface area contributed by atoms with Crippen LogP contribution in [0, 0.1) is 5.92 Å². The van der Waals surface area contributed by atoms with Crippen molar-refractivity contribution in [2.45, 2.75) is 19.2 Å². The normalized spacial score (nSPS) is 25.5. The van der Waals surface area contributed by atoms with Gasteiger partial charge in [-0.15, -0.1) is 0 Å². The molecule has 1 amide bonds. The summed E-state index contributed by atoms with van der Waals surface area (Å²) in [5.41, 5.74) is -1.58. The number of likely N-dealkylation sites (tertiary alicyclic amines) is 1. The molecule has 0 aliphatic carbocycles. The fourth-order valence-corrected chi connectivity index (χ4v) is 2.20. The lowest BCUT2D eigenvalue weighted by atomic mass is 9.95. The van der Waals surface area contributed by atoms with Crippen LogP contribution in [0.1, 0.15) is 12.5 Å². The van der Waals surface area contributed by atoms with Crippen molar-refractivity contribution in [3.05, 3.63) is 35.9 Å². The van der Waals surface area contributed by atoms with Crippen molar-refractivity contribution < 1.29 is 23.8 Å². The summed E-state index contributed by atoms with van der Waals surface area (Å²) in [6.45, 7) is 1.11. The molecular formula is C14H16FNO4. The molecule has 5 nitrogen and oxygen atoms in total. The smallest absolute Gasteiger partial charge is 0.410 e. The molecule has 1 saturated heterocycles. The Bertz CT molecular complexity index is 507. The molecule has 1 aliphatic rings. The number of aliphatic carboxylic acids is 1. The van der Waals surface area contributed by atoms with Gasteiger partial charge in [-0.05, 0) is 5.56 Å². The zero-order chi connectivity index (χ0) is 14.8. The Morgan fingerprint density at radius 3 is 2.65 bits per heavy atom. The van der Waals surface area contributed by atoms with Crippen molar-refractivity contribution in [3.8, 4) is 0 Å². The third-order valence-corrected chi connectivity index (χ3v) is 3.52. The molecule has 1 N–H and O–H groups in total. The van der Waals surface area contributed by atoms with E-state index in [9.17, 15) is 14.0 Å². The van der Waals surface area contributed by atoms with Gasteiger partial charge in [0.05, 0.1) is 6.54 Å². The van der Waals surface area contributed by atoms with Gasteiger partial charge in [0, 0.05) is 12.5 Å². The van der Waals surface area contributed by atoms with E-state index in [0.29, 0.717) is 0 Å². The minimum absolute atomic E-state index is 0.0381. The summed E-state index contributed by atoms with van der Waals surface area (Å²) in [5, 5.41) is 8.90. The van der Waals surface area contributed by atoms with Crippen molar-refractivity contribution in [1.82, 2.24) is 4.90 Å². The van der Waals surface area contributed by atoms with E-state index in [-0.39, 0.29) is 13.2 Å². The Morgan fingerprint density at radius 1 is 1.45 bits per heavy atom. The zero-order valence-corrected chi connectivity index (χ0v) is 11.1. The fourth-order valence-electron chi connectivity index (χ4n) is 2.20. The number of nitrogens with zero attached hydrogens (tertiary/aromatic N) is 1. The molecular weight excluding hydrogens is 265 g/mol. The van der Waals surface area contributed by atoms with Crippen LogP contribution in [0.3, 0.4) is 0 Å². The Kier molecular flexibility index (Phi) is 3.92. The van der Waals surface area contributed by atoms with Gasteiger partial charge in [0.25, 0.3) is 0 Å². The topological polar surface area (TPSA) is 66.8 Å². The molecule has 1 aliphatic heterocycles. The van der Waals surface area contributed by atoms with Gasteiger partial charge in [0.2, 0.25) is 5.67 Å². The van der Waals surface area contributed by atoms with Crippen LogP contribution in [0.4, 0.5) is 9.18 Å². The van der Waals surface area contributed by atoms with E-state index in [1.165, 1.54) is 6.92 Å². The maximum Gasteiger partial charge on any atom is 0.410 e. The van der Waals surface area contributed by atoms with Gasteiger partial charge in [0.15, 0.2) is 0 Å². The number of carboxylic acids is 1. The predicted octanol–water partition coefficient (Wildman–Crippen LogP) is 2.07. The van der Waals surface area contributed by atoms with Crippen LogP contribution >= 0.6 is 0 Å². The Hall–Kier alpha value is -2.11. The van der Waals surface area contributed by atoms with Crippen molar-refractivity contribution in [2.75, 3.05) is 13.1 Å². The van der Waals surface area contributed by atoms with Gasteiger partial charge in [0.1, 0.15) is 6.61 Å². The number of hydrogen-bond acceptors (Lipinski definition) is 3. The van der Waals surface area contributed by atoms with Gasteiger partial charge in [-0.25, -0.2) is 14.0 Å². The number of hydrogen-bond donors (Lipinski definition) is 1. The second-order valence-electron chi connectivity index (χ2n) is 4.99. The first-order chi connectivity index (χ1) is 9.43. The predicted molar refractivity (Wildman–Crippen MR) is 68.8 cm³/mol. The summed E-state index contributed by atoms with van der Waals surface area (Å²) in [6.07, 6.45) is -0.693. The first-order valence-corrected chi connectivity index (χ1v) is 6.31. The zero-order valence-electron chi connectivity index (χ0n) is 11.1. The summed E-state index contributed by atoms with van der Waals surface area (Å²) in [6, 6.07) is 9.08. The van der Waals surface area contributed by atoms with E-state index in [1.807, 2.05) is 18.2 Å². The third kappa shape index (κ3) is 2.74. The highest BCUT2D eigenvalue weighted by Crippen LogP contribution is 2.32. The second kappa shape index (κ2) is 5.48. The molecule has 1 heterocycles. The number of carboxylic acid groups (broad SMARTS) is 1. The third-order valence-electron chi connectivity index (χ3n) is 3.52. The van der Waals surface area contributed by atoms with Crippen LogP contribution in [0.5, 0.6) is 0 Å². The van der Waals surface area contributed by atoms with E-state index in [0.717, 1.165) is 10.5 Å². The van der Waals surface area contributed by atoms with Crippen LogP contribution in [-0.4, -0.2) is 40.8 Å². The monoisotopic (exact) mass is 281 g/mol. The summed E-state index contributed by atoms with van der Waals surface area (Å²) in [5.74, 6) is -2.30. The molecule has 108 valence electrons. The fraction of sp³-hybridized carbons (Fsp3) is 0.429. The van der Waals surface area contributed by atoms with Crippen LogP contribution in [0.15, 0.2) is 30.3 Å². The second-order valence-corrected chi connectivity index (χ2v) is 4.99. The Balaban J connectivity index is 1.93. The summed E-state index contributed by atoms with van der Waals surface area (Å²) in [4.78, 5) is 23.8. The molecule has 1 fully saturated rings. The van der Waals surface area contributed by atoms with E-state index in [4.69, 9.17) is 9.84 Å². The quantitative estimate of drug-likeness (QED) is 0.921. The van der Waals surface area contributed by atoms with E-state index < -0.39 is 30.2 Å². The van der Waals surface area contributed by atoms with Crippen LogP contribution < -0.4 is 0 Å². The number of amides is 1. The summed E-state index contributed by atoms with van der Waals surface area (Å²) in [7, 11) is 0. The Morgan fingerprint density at radius 2 is 2.10 bits per heavy atom. The highest BCUT2D eigenvalue weighted by molar-refractivity contribution is 5.80. The van der Waals surface area contributed by atoms with Gasteiger partial charge < -0.3 is 14.7 Å². The number of alkyl halides is 1. The molecule has 0 aromatic heterocycles. The molecule has 6 heteroatoms. The minimum atomic E-state index is -2.40. The molecule has 1 unspecified atom stereocenters. The minimum Gasteiger partial charge on any atom is -0.479 e. The molecule has 1 aromatic carbocycles. The molecule has 1 aromatic rings. The molecule has 0 saturated carbocycles. The highest BCUT2D eigenvalue weighted by atomic mass is 19.1. The van der Waals surface area contributed by atoms with Crippen molar-refractivity contribution in [1.29, 1.82) is 0 Å². The number of halogens is 1. The van der Waals surface area contributed by atoms with Crippen LogP contribution in [0.2, 0.25) is 0 Å². The number of carbonyl (C=O) groups excluding carboxylic acids is 1.